The number of aromatic amines is 1. The molecule has 1 fully saturated rings. The van der Waals surface area contributed by atoms with Gasteiger partial charge in [-0.05, 0) is 19.4 Å². The number of primary sulfonamides is 1. The molecule has 0 spiro atoms. The van der Waals surface area contributed by atoms with Crippen molar-refractivity contribution in [1.29, 1.82) is 0 Å². The first-order valence-corrected chi connectivity index (χ1v) is 8.34. The number of sulfonamides is 1. The molecule has 0 aliphatic heterocycles. The number of aromatic nitrogens is 1. The minimum atomic E-state index is -3.81. The van der Waals surface area contributed by atoms with Gasteiger partial charge >= 0.3 is 0 Å². The zero-order chi connectivity index (χ0) is 15.8. The topological polar surface area (TPSA) is 114 Å². The molecule has 0 aromatic carbocycles. The summed E-state index contributed by atoms with van der Waals surface area (Å²) in [6.45, 7) is 6.65. The normalized spacial score (nSPS) is 24.4. The van der Waals surface area contributed by atoms with Crippen LogP contribution in [0.25, 0.3) is 0 Å². The Hall–Kier alpha value is -1.38. The van der Waals surface area contributed by atoms with Crippen molar-refractivity contribution in [1.82, 2.24) is 10.3 Å². The summed E-state index contributed by atoms with van der Waals surface area (Å²) >= 11 is 0. The Labute approximate surface area is 124 Å². The highest BCUT2D eigenvalue weighted by Gasteiger charge is 2.49. The van der Waals surface area contributed by atoms with Gasteiger partial charge in [0.05, 0.1) is 11.0 Å². The van der Waals surface area contributed by atoms with Gasteiger partial charge in [0.2, 0.25) is 10.0 Å². The van der Waals surface area contributed by atoms with Crippen molar-refractivity contribution in [3.8, 4) is 0 Å². The highest BCUT2D eigenvalue weighted by Crippen LogP contribution is 2.42. The molecule has 2 atom stereocenters. The van der Waals surface area contributed by atoms with E-state index in [4.69, 9.17) is 9.88 Å². The Bertz CT molecular complexity index is 636. The number of nitrogens with two attached hydrogens (primary N) is 1. The summed E-state index contributed by atoms with van der Waals surface area (Å²) in [6, 6.07) is 1.22. The number of carbonyl (C=O) groups is 1. The van der Waals surface area contributed by atoms with Gasteiger partial charge in [0.15, 0.2) is 0 Å². The quantitative estimate of drug-likeness (QED) is 0.738. The monoisotopic (exact) mass is 315 g/mol. The second-order valence-electron chi connectivity index (χ2n) is 5.82. The van der Waals surface area contributed by atoms with Crippen LogP contribution in [0.2, 0.25) is 0 Å². The minimum absolute atomic E-state index is 0.0113. The van der Waals surface area contributed by atoms with E-state index in [9.17, 15) is 13.2 Å². The van der Waals surface area contributed by atoms with E-state index in [0.717, 1.165) is 6.42 Å². The minimum Gasteiger partial charge on any atom is -0.378 e. The molecule has 8 heteroatoms. The summed E-state index contributed by atoms with van der Waals surface area (Å²) in [7, 11) is -3.81. The van der Waals surface area contributed by atoms with E-state index in [-0.39, 0.29) is 34.1 Å². The lowest BCUT2D eigenvalue weighted by Gasteiger charge is -2.51. The number of hydrogen-bond donors (Lipinski definition) is 3. The van der Waals surface area contributed by atoms with Crippen LogP contribution in [0.3, 0.4) is 0 Å². The number of H-pyrrole nitrogens is 1. The summed E-state index contributed by atoms with van der Waals surface area (Å²) < 4.78 is 28.0. The van der Waals surface area contributed by atoms with Gasteiger partial charge in [0, 0.05) is 24.3 Å². The van der Waals surface area contributed by atoms with Crippen molar-refractivity contribution in [3.63, 3.8) is 0 Å². The molecule has 0 radical (unpaired) electrons. The predicted molar refractivity (Wildman–Crippen MR) is 77.2 cm³/mol. The first kappa shape index (κ1) is 16.0. The summed E-state index contributed by atoms with van der Waals surface area (Å²) in [5, 5.41) is 7.90. The molecule has 1 aromatic heterocycles. The van der Waals surface area contributed by atoms with Gasteiger partial charge in [0.25, 0.3) is 5.91 Å². The molecule has 1 amide bonds. The molecule has 7 nitrogen and oxygen atoms in total. The molecule has 2 rings (SSSR count). The molecule has 0 bridgehead atoms. The van der Waals surface area contributed by atoms with Crippen LogP contribution in [0.4, 0.5) is 0 Å². The number of nitrogens with one attached hydrogen (secondary N) is 2. The first-order chi connectivity index (χ1) is 9.66. The molecular weight excluding hydrogens is 294 g/mol. The standard InChI is InChI=1S/C13H21N3O4S/c1-4-20-11-6-10(13(11,2)3)16-12(17)9-5-8(7-15-9)21(14,18)19/h5,7,10-11,15H,4,6H2,1-3H3,(H,16,17)(H2,14,18,19). The van der Waals surface area contributed by atoms with Crippen LogP contribution in [-0.4, -0.2) is 38.1 Å². The van der Waals surface area contributed by atoms with Crippen molar-refractivity contribution >= 4 is 15.9 Å². The van der Waals surface area contributed by atoms with Gasteiger partial charge in [-0.3, -0.25) is 4.79 Å². The van der Waals surface area contributed by atoms with E-state index in [0.29, 0.717) is 6.61 Å². The third kappa shape index (κ3) is 3.12. The van der Waals surface area contributed by atoms with Crippen molar-refractivity contribution in [2.24, 2.45) is 10.6 Å². The van der Waals surface area contributed by atoms with Crippen molar-refractivity contribution < 1.29 is 17.9 Å². The molecule has 1 aliphatic carbocycles. The van der Waals surface area contributed by atoms with E-state index in [2.05, 4.69) is 10.3 Å². The summed E-state index contributed by atoms with van der Waals surface area (Å²) in [5.74, 6) is -0.349. The van der Waals surface area contributed by atoms with E-state index < -0.39 is 10.0 Å². The van der Waals surface area contributed by atoms with Crippen LogP contribution in [0, 0.1) is 5.41 Å². The third-order valence-electron chi connectivity index (χ3n) is 4.08. The highest BCUT2D eigenvalue weighted by atomic mass is 32.2. The lowest BCUT2D eigenvalue weighted by molar-refractivity contribution is -0.111. The number of ether oxygens (including phenoxy) is 1. The lowest BCUT2D eigenvalue weighted by atomic mass is 9.64. The number of carbonyl (C=O) groups excluding carboxylic acids is 1. The van der Waals surface area contributed by atoms with Gasteiger partial charge in [0.1, 0.15) is 5.69 Å². The molecule has 1 aliphatic rings. The Morgan fingerprint density at radius 2 is 2.24 bits per heavy atom. The fraction of sp³-hybridized carbons (Fsp3) is 0.615. The molecule has 118 valence electrons. The molecule has 1 aromatic rings. The Balaban J connectivity index is 2.02. The van der Waals surface area contributed by atoms with Crippen LogP contribution in [0.5, 0.6) is 0 Å². The number of hydrogen-bond acceptors (Lipinski definition) is 4. The average molecular weight is 315 g/mol. The molecule has 21 heavy (non-hydrogen) atoms. The van der Waals surface area contributed by atoms with Crippen LogP contribution in [0.15, 0.2) is 17.2 Å². The summed E-state index contributed by atoms with van der Waals surface area (Å²) in [5.41, 5.74) is 0.0239. The maximum Gasteiger partial charge on any atom is 0.267 e. The molecule has 4 N–H and O–H groups in total. The fourth-order valence-corrected chi connectivity index (χ4v) is 3.03. The Morgan fingerprint density at radius 1 is 1.57 bits per heavy atom. The van der Waals surface area contributed by atoms with E-state index in [1.54, 1.807) is 0 Å². The Morgan fingerprint density at radius 3 is 2.71 bits per heavy atom. The van der Waals surface area contributed by atoms with Crippen molar-refractivity contribution in [2.45, 2.75) is 44.2 Å². The Kier molecular flexibility index (Phi) is 4.14. The second-order valence-corrected chi connectivity index (χ2v) is 7.38. The van der Waals surface area contributed by atoms with E-state index in [1.165, 1.54) is 12.3 Å². The zero-order valence-electron chi connectivity index (χ0n) is 12.3. The van der Waals surface area contributed by atoms with E-state index >= 15 is 0 Å². The average Bonchev–Trinajstić information content (AvgIpc) is 2.87. The smallest absolute Gasteiger partial charge is 0.267 e. The van der Waals surface area contributed by atoms with Gasteiger partial charge in [-0.25, -0.2) is 13.6 Å². The molecule has 1 saturated carbocycles. The zero-order valence-corrected chi connectivity index (χ0v) is 13.2. The van der Waals surface area contributed by atoms with E-state index in [1.807, 2.05) is 20.8 Å². The first-order valence-electron chi connectivity index (χ1n) is 6.80. The number of rotatable bonds is 5. The van der Waals surface area contributed by atoms with Gasteiger partial charge in [-0.15, -0.1) is 0 Å². The maximum atomic E-state index is 12.1. The molecular formula is C13H21N3O4S. The van der Waals surface area contributed by atoms with Crippen LogP contribution >= 0.6 is 0 Å². The number of amides is 1. The van der Waals surface area contributed by atoms with Gasteiger partial charge in [-0.1, -0.05) is 13.8 Å². The van der Waals surface area contributed by atoms with Crippen LogP contribution in [-0.2, 0) is 14.8 Å². The molecule has 0 saturated heterocycles. The molecule has 2 unspecified atom stereocenters. The highest BCUT2D eigenvalue weighted by molar-refractivity contribution is 7.89. The summed E-state index contributed by atoms with van der Waals surface area (Å²) in [6.07, 6.45) is 2.07. The maximum absolute atomic E-state index is 12.1. The second kappa shape index (κ2) is 5.43. The van der Waals surface area contributed by atoms with Gasteiger partial charge in [-0.2, -0.15) is 0 Å². The third-order valence-corrected chi connectivity index (χ3v) is 4.97. The largest absolute Gasteiger partial charge is 0.378 e. The summed E-state index contributed by atoms with van der Waals surface area (Å²) in [4.78, 5) is 14.6. The van der Waals surface area contributed by atoms with Crippen molar-refractivity contribution in [2.75, 3.05) is 6.61 Å². The van der Waals surface area contributed by atoms with Gasteiger partial charge < -0.3 is 15.0 Å². The predicted octanol–water partition coefficient (Wildman–Crippen LogP) is 0.596. The molecule has 1 heterocycles. The SMILES string of the molecule is CCOC1CC(NC(=O)c2cc(S(N)(=O)=O)c[nH]2)C1(C)C. The fourth-order valence-electron chi connectivity index (χ4n) is 2.52. The van der Waals surface area contributed by atoms with Crippen molar-refractivity contribution in [3.05, 3.63) is 18.0 Å². The van der Waals surface area contributed by atoms with Crippen LogP contribution in [0.1, 0.15) is 37.7 Å². The lowest BCUT2D eigenvalue weighted by Crippen LogP contribution is -2.62. The van der Waals surface area contributed by atoms with Crippen LogP contribution < -0.4 is 10.5 Å².